The van der Waals surface area contributed by atoms with Crippen molar-refractivity contribution in [2.75, 3.05) is 5.43 Å². The molecule has 8 nitrogen and oxygen atoms in total. The summed E-state index contributed by atoms with van der Waals surface area (Å²) in [5, 5.41) is 10.8. The van der Waals surface area contributed by atoms with E-state index in [-0.39, 0.29) is 22.3 Å². The Bertz CT molecular complexity index is 643. The van der Waals surface area contributed by atoms with Crippen LogP contribution < -0.4 is 16.0 Å². The summed E-state index contributed by atoms with van der Waals surface area (Å²) in [7, 11) is -3.72. The lowest BCUT2D eigenvalue weighted by Gasteiger charge is -2.14. The average molecular weight is 314 g/mol. The third-order valence-electron chi connectivity index (χ3n) is 3.37. The Morgan fingerprint density at radius 2 is 2.14 bits per heavy atom. The van der Waals surface area contributed by atoms with Crippen molar-refractivity contribution >= 4 is 21.4 Å². The first-order valence-electron chi connectivity index (χ1n) is 6.61. The highest BCUT2D eigenvalue weighted by molar-refractivity contribution is 7.89. The van der Waals surface area contributed by atoms with Crippen molar-refractivity contribution in [3.63, 3.8) is 0 Å². The second kappa shape index (κ2) is 5.96. The maximum Gasteiger partial charge on any atom is 0.293 e. The van der Waals surface area contributed by atoms with Gasteiger partial charge in [0.15, 0.2) is 0 Å². The summed E-state index contributed by atoms with van der Waals surface area (Å²) in [6.45, 7) is 1.81. The topological polar surface area (TPSA) is 127 Å². The van der Waals surface area contributed by atoms with E-state index in [9.17, 15) is 18.5 Å². The minimum atomic E-state index is -3.72. The molecule has 1 aromatic carbocycles. The number of nitrogens with zero attached hydrogens (tertiary/aromatic N) is 1. The number of hydrogen-bond acceptors (Lipinski definition) is 6. The van der Waals surface area contributed by atoms with Gasteiger partial charge in [-0.15, -0.1) is 0 Å². The maximum atomic E-state index is 12.2. The molecule has 1 aliphatic carbocycles. The van der Waals surface area contributed by atoms with E-state index in [4.69, 9.17) is 5.84 Å². The molecule has 0 saturated heterocycles. The number of nitro groups is 1. The third-order valence-corrected chi connectivity index (χ3v) is 4.96. The van der Waals surface area contributed by atoms with E-state index in [0.29, 0.717) is 5.92 Å². The lowest BCUT2D eigenvalue weighted by Crippen LogP contribution is -2.33. The molecular weight excluding hydrogens is 296 g/mol. The molecule has 2 rings (SSSR count). The Morgan fingerprint density at radius 1 is 1.48 bits per heavy atom. The first-order valence-corrected chi connectivity index (χ1v) is 8.09. The number of nitrogens with one attached hydrogen (secondary N) is 2. The second-order valence-electron chi connectivity index (χ2n) is 5.28. The zero-order valence-electron chi connectivity index (χ0n) is 11.6. The van der Waals surface area contributed by atoms with Gasteiger partial charge in [-0.2, -0.15) is 0 Å². The minimum Gasteiger partial charge on any atom is -0.318 e. The van der Waals surface area contributed by atoms with Crippen molar-refractivity contribution in [3.05, 3.63) is 28.3 Å². The van der Waals surface area contributed by atoms with Crippen LogP contribution in [0.2, 0.25) is 0 Å². The Kier molecular flexibility index (Phi) is 4.45. The van der Waals surface area contributed by atoms with Gasteiger partial charge < -0.3 is 5.43 Å². The lowest BCUT2D eigenvalue weighted by atomic mass is 10.2. The Balaban J connectivity index is 2.20. The number of rotatable bonds is 7. The lowest BCUT2D eigenvalue weighted by molar-refractivity contribution is -0.384. The van der Waals surface area contributed by atoms with Gasteiger partial charge >= 0.3 is 0 Å². The summed E-state index contributed by atoms with van der Waals surface area (Å²) in [6.07, 6.45) is 3.09. The molecule has 0 spiro atoms. The molecule has 1 aliphatic rings. The number of benzene rings is 1. The molecule has 1 unspecified atom stereocenters. The van der Waals surface area contributed by atoms with Crippen LogP contribution in [0.4, 0.5) is 11.4 Å². The van der Waals surface area contributed by atoms with Crippen LogP contribution in [0.25, 0.3) is 0 Å². The molecule has 1 saturated carbocycles. The van der Waals surface area contributed by atoms with Crippen LogP contribution in [-0.4, -0.2) is 19.4 Å². The van der Waals surface area contributed by atoms with Gasteiger partial charge in [-0.3, -0.25) is 16.0 Å². The fourth-order valence-electron chi connectivity index (χ4n) is 2.19. The fourth-order valence-corrected chi connectivity index (χ4v) is 3.47. The van der Waals surface area contributed by atoms with E-state index in [0.717, 1.165) is 31.4 Å². The molecule has 0 amide bonds. The first-order chi connectivity index (χ1) is 9.83. The number of nitrogens with two attached hydrogens (primary N) is 1. The number of sulfonamides is 1. The molecule has 116 valence electrons. The van der Waals surface area contributed by atoms with Gasteiger partial charge in [-0.25, -0.2) is 13.1 Å². The molecule has 1 fully saturated rings. The van der Waals surface area contributed by atoms with E-state index < -0.39 is 14.9 Å². The maximum absolute atomic E-state index is 12.2. The predicted octanol–water partition coefficient (Wildman–Crippen LogP) is 1.35. The molecule has 9 heteroatoms. The normalized spacial score (nSPS) is 16.5. The van der Waals surface area contributed by atoms with Crippen LogP contribution in [0.3, 0.4) is 0 Å². The largest absolute Gasteiger partial charge is 0.318 e. The Labute approximate surface area is 122 Å². The molecular formula is C12H18N4O4S. The van der Waals surface area contributed by atoms with Gasteiger partial charge in [-0.1, -0.05) is 12.8 Å². The Morgan fingerprint density at radius 3 is 2.67 bits per heavy atom. The average Bonchev–Trinajstić information content (AvgIpc) is 3.20. The van der Waals surface area contributed by atoms with Gasteiger partial charge in [0.1, 0.15) is 5.69 Å². The summed E-state index contributed by atoms with van der Waals surface area (Å²) < 4.78 is 27.1. The molecule has 1 atom stereocenters. The van der Waals surface area contributed by atoms with Gasteiger partial charge in [0.25, 0.3) is 5.69 Å². The summed E-state index contributed by atoms with van der Waals surface area (Å²) in [5.41, 5.74) is 1.83. The summed E-state index contributed by atoms with van der Waals surface area (Å²) in [4.78, 5) is 10.1. The smallest absolute Gasteiger partial charge is 0.293 e. The molecule has 21 heavy (non-hydrogen) atoms. The number of nitrogen functional groups attached to an aromatic ring is 1. The van der Waals surface area contributed by atoms with E-state index in [1.807, 2.05) is 6.92 Å². The molecule has 0 bridgehead atoms. The molecule has 4 N–H and O–H groups in total. The van der Waals surface area contributed by atoms with Crippen molar-refractivity contribution < 1.29 is 13.3 Å². The van der Waals surface area contributed by atoms with Crippen molar-refractivity contribution in [1.82, 2.24) is 4.72 Å². The predicted molar refractivity (Wildman–Crippen MR) is 78.0 cm³/mol. The zero-order chi connectivity index (χ0) is 15.6. The molecule has 0 radical (unpaired) electrons. The van der Waals surface area contributed by atoms with Crippen molar-refractivity contribution in [1.29, 1.82) is 0 Å². The van der Waals surface area contributed by atoms with Crippen LogP contribution in [-0.2, 0) is 10.0 Å². The van der Waals surface area contributed by atoms with E-state index >= 15 is 0 Å². The van der Waals surface area contributed by atoms with Gasteiger partial charge in [-0.05, 0) is 31.4 Å². The number of hydrogen-bond donors (Lipinski definition) is 3. The molecule has 1 aromatic rings. The summed E-state index contributed by atoms with van der Waals surface area (Å²) in [5.74, 6) is 5.80. The van der Waals surface area contributed by atoms with Crippen LogP contribution in [0.1, 0.15) is 26.2 Å². The zero-order valence-corrected chi connectivity index (χ0v) is 12.4. The molecule has 0 aliphatic heterocycles. The van der Waals surface area contributed by atoms with Crippen LogP contribution in [0, 0.1) is 16.0 Å². The van der Waals surface area contributed by atoms with E-state index in [1.165, 1.54) is 6.07 Å². The highest BCUT2D eigenvalue weighted by Gasteiger charge is 2.27. The SMILES string of the molecule is CC(CC1CC1)NS(=O)(=O)c1ccc([N+](=O)[O-])c(NN)c1. The van der Waals surface area contributed by atoms with Gasteiger partial charge in [0.05, 0.1) is 9.82 Å². The van der Waals surface area contributed by atoms with Crippen molar-refractivity contribution in [3.8, 4) is 0 Å². The fraction of sp³-hybridized carbons (Fsp3) is 0.500. The monoisotopic (exact) mass is 314 g/mol. The van der Waals surface area contributed by atoms with Gasteiger partial charge in [0, 0.05) is 12.1 Å². The van der Waals surface area contributed by atoms with E-state index in [1.54, 1.807) is 0 Å². The quantitative estimate of drug-likeness (QED) is 0.396. The number of nitro benzene ring substituents is 1. The van der Waals surface area contributed by atoms with Crippen molar-refractivity contribution in [2.45, 2.75) is 37.1 Å². The minimum absolute atomic E-state index is 0.0438. The first kappa shape index (κ1) is 15.7. The van der Waals surface area contributed by atoms with Crippen LogP contribution in [0.15, 0.2) is 23.1 Å². The second-order valence-corrected chi connectivity index (χ2v) is 7.00. The Hall–Kier alpha value is -1.71. The van der Waals surface area contributed by atoms with Crippen molar-refractivity contribution in [2.24, 2.45) is 11.8 Å². The standard InChI is InChI=1S/C12H18N4O4S/c1-8(6-9-2-3-9)15-21(19,20)10-4-5-12(16(17)18)11(7-10)14-13/h4-5,7-9,14-15H,2-3,6,13H2,1H3. The summed E-state index contributed by atoms with van der Waals surface area (Å²) in [6, 6.07) is 3.30. The van der Waals surface area contributed by atoms with Crippen LogP contribution >= 0.6 is 0 Å². The van der Waals surface area contributed by atoms with Gasteiger partial charge in [0.2, 0.25) is 10.0 Å². The molecule has 0 heterocycles. The number of anilines is 1. The van der Waals surface area contributed by atoms with Crippen LogP contribution in [0.5, 0.6) is 0 Å². The highest BCUT2D eigenvalue weighted by atomic mass is 32.2. The highest BCUT2D eigenvalue weighted by Crippen LogP contribution is 2.34. The number of hydrazine groups is 1. The third kappa shape index (κ3) is 3.90. The van der Waals surface area contributed by atoms with E-state index in [2.05, 4.69) is 10.1 Å². The molecule has 0 aromatic heterocycles. The summed E-state index contributed by atoms with van der Waals surface area (Å²) >= 11 is 0.